The van der Waals surface area contributed by atoms with Gasteiger partial charge in [0.05, 0.1) is 29.1 Å². The summed E-state index contributed by atoms with van der Waals surface area (Å²) in [7, 11) is -2.12. The molecule has 0 radical (unpaired) electrons. The maximum atomic E-state index is 13.3. The van der Waals surface area contributed by atoms with Crippen molar-refractivity contribution in [2.45, 2.75) is 30.2 Å². The first kappa shape index (κ1) is 18.6. The highest BCUT2D eigenvalue weighted by Crippen LogP contribution is 2.35. The zero-order valence-corrected chi connectivity index (χ0v) is 16.3. The van der Waals surface area contributed by atoms with Gasteiger partial charge in [0, 0.05) is 6.54 Å². The lowest BCUT2D eigenvalue weighted by atomic mass is 10.0. The highest BCUT2D eigenvalue weighted by atomic mass is 32.2. The van der Waals surface area contributed by atoms with Crippen LogP contribution in [0, 0.1) is 0 Å². The van der Waals surface area contributed by atoms with E-state index in [1.807, 2.05) is 6.07 Å². The Bertz CT molecular complexity index is 1100. The van der Waals surface area contributed by atoms with Gasteiger partial charge in [-0.1, -0.05) is 6.42 Å². The number of methoxy groups -OCH3 is 1. The van der Waals surface area contributed by atoms with Crippen LogP contribution in [0.4, 0.5) is 5.82 Å². The first-order valence-electron chi connectivity index (χ1n) is 9.04. The quantitative estimate of drug-likeness (QED) is 0.717. The van der Waals surface area contributed by atoms with E-state index in [4.69, 9.17) is 10.5 Å². The first-order valence-corrected chi connectivity index (χ1v) is 10.5. The number of piperidine rings is 1. The Hall–Kier alpha value is -2.78. The third-order valence-corrected chi connectivity index (χ3v) is 6.93. The molecule has 1 saturated heterocycles. The van der Waals surface area contributed by atoms with Gasteiger partial charge in [-0.15, -0.1) is 0 Å². The van der Waals surface area contributed by atoms with Crippen LogP contribution in [0.25, 0.3) is 11.0 Å². The summed E-state index contributed by atoms with van der Waals surface area (Å²) in [5, 5.41) is 0.659. The predicted octanol–water partition coefficient (Wildman–Crippen LogP) is 2.53. The normalized spacial score (nSPS) is 18.2. The van der Waals surface area contributed by atoms with Crippen LogP contribution in [0.3, 0.4) is 0 Å². The third-order valence-electron chi connectivity index (χ3n) is 5.01. The van der Waals surface area contributed by atoms with Crippen LogP contribution in [0.1, 0.15) is 31.0 Å². The SMILES string of the molecule is COc1ccc(S(=O)(=O)N2CCCCC2c2ccc3c(N)ncnc3n2)cc1. The third kappa shape index (κ3) is 3.27. The van der Waals surface area contributed by atoms with Crippen LogP contribution < -0.4 is 10.5 Å². The van der Waals surface area contributed by atoms with E-state index in [1.165, 1.54) is 10.6 Å². The number of anilines is 1. The maximum Gasteiger partial charge on any atom is 0.243 e. The number of aromatic nitrogens is 3. The minimum absolute atomic E-state index is 0.243. The summed E-state index contributed by atoms with van der Waals surface area (Å²) in [6, 6.07) is 9.72. The summed E-state index contributed by atoms with van der Waals surface area (Å²) in [6.45, 7) is 0.449. The number of rotatable bonds is 4. The van der Waals surface area contributed by atoms with Crippen LogP contribution >= 0.6 is 0 Å². The molecule has 0 spiro atoms. The molecule has 2 N–H and O–H groups in total. The molecule has 1 fully saturated rings. The number of sulfonamides is 1. The van der Waals surface area contributed by atoms with Crippen molar-refractivity contribution in [2.75, 3.05) is 19.4 Å². The Morgan fingerprint density at radius 1 is 1.11 bits per heavy atom. The summed E-state index contributed by atoms with van der Waals surface area (Å²) >= 11 is 0. The van der Waals surface area contributed by atoms with Gasteiger partial charge in [0.25, 0.3) is 0 Å². The second-order valence-corrected chi connectivity index (χ2v) is 8.56. The van der Waals surface area contributed by atoms with Gasteiger partial charge < -0.3 is 10.5 Å². The molecule has 0 bridgehead atoms. The molecule has 146 valence electrons. The van der Waals surface area contributed by atoms with Crippen LogP contribution in [0.5, 0.6) is 5.75 Å². The molecule has 3 aromatic rings. The summed E-state index contributed by atoms with van der Waals surface area (Å²) in [5.41, 5.74) is 7.01. The fourth-order valence-corrected chi connectivity index (χ4v) is 5.20. The molecule has 2 aromatic heterocycles. The maximum absolute atomic E-state index is 13.3. The molecule has 0 amide bonds. The lowest BCUT2D eigenvalue weighted by molar-refractivity contribution is 0.252. The molecule has 4 rings (SSSR count). The number of ether oxygens (including phenoxy) is 1. The molecule has 1 aliphatic rings. The first-order chi connectivity index (χ1) is 13.5. The van der Waals surface area contributed by atoms with Gasteiger partial charge in [-0.3, -0.25) is 0 Å². The van der Waals surface area contributed by atoms with Gasteiger partial charge in [0.2, 0.25) is 10.0 Å². The fourth-order valence-electron chi connectivity index (χ4n) is 3.53. The van der Waals surface area contributed by atoms with Crippen molar-refractivity contribution in [1.82, 2.24) is 19.3 Å². The molecular weight excluding hydrogens is 378 g/mol. The largest absolute Gasteiger partial charge is 0.497 e. The molecule has 1 aliphatic heterocycles. The van der Waals surface area contributed by atoms with Crippen molar-refractivity contribution < 1.29 is 13.2 Å². The molecule has 1 unspecified atom stereocenters. The highest BCUT2D eigenvalue weighted by Gasteiger charge is 2.35. The van der Waals surface area contributed by atoms with Gasteiger partial charge in [0.1, 0.15) is 17.9 Å². The van der Waals surface area contributed by atoms with Gasteiger partial charge in [-0.05, 0) is 49.2 Å². The number of pyridine rings is 1. The minimum atomic E-state index is -3.67. The topological polar surface area (TPSA) is 111 Å². The van der Waals surface area contributed by atoms with Crippen molar-refractivity contribution in [2.24, 2.45) is 0 Å². The number of hydrogen-bond donors (Lipinski definition) is 1. The summed E-state index contributed by atoms with van der Waals surface area (Å²) < 4.78 is 33.3. The van der Waals surface area contributed by atoms with E-state index in [9.17, 15) is 8.42 Å². The minimum Gasteiger partial charge on any atom is -0.497 e. The molecule has 9 heteroatoms. The van der Waals surface area contributed by atoms with Crippen molar-refractivity contribution >= 4 is 26.9 Å². The number of nitrogens with two attached hydrogens (primary N) is 1. The summed E-state index contributed by atoms with van der Waals surface area (Å²) in [5.74, 6) is 0.970. The van der Waals surface area contributed by atoms with Crippen LogP contribution in [0.2, 0.25) is 0 Å². The van der Waals surface area contributed by atoms with Crippen LogP contribution in [-0.4, -0.2) is 41.3 Å². The van der Waals surface area contributed by atoms with Crippen LogP contribution in [0.15, 0.2) is 47.6 Å². The summed E-state index contributed by atoms with van der Waals surface area (Å²) in [6.07, 6.45) is 3.81. The zero-order chi connectivity index (χ0) is 19.7. The monoisotopic (exact) mass is 399 g/mol. The Balaban J connectivity index is 1.73. The Morgan fingerprint density at radius 2 is 1.89 bits per heavy atom. The molecule has 8 nitrogen and oxygen atoms in total. The van der Waals surface area contributed by atoms with Gasteiger partial charge >= 0.3 is 0 Å². The Morgan fingerprint density at radius 3 is 2.64 bits per heavy atom. The Kier molecular flexibility index (Phi) is 4.86. The van der Waals surface area contributed by atoms with Crippen molar-refractivity contribution in [3.63, 3.8) is 0 Å². The summed E-state index contributed by atoms with van der Waals surface area (Å²) in [4.78, 5) is 13.0. The van der Waals surface area contributed by atoms with Crippen molar-refractivity contribution in [3.8, 4) is 5.75 Å². The standard InChI is InChI=1S/C19H21N5O3S/c1-27-13-5-7-14(8-6-13)28(25,26)24-11-3-2-4-17(24)16-10-9-15-18(20)21-12-22-19(15)23-16/h5-10,12,17H,2-4,11H2,1H3,(H2,20,21,22,23). The van der Waals surface area contributed by atoms with E-state index in [1.54, 1.807) is 37.4 Å². The highest BCUT2D eigenvalue weighted by molar-refractivity contribution is 7.89. The van der Waals surface area contributed by atoms with Gasteiger partial charge in [-0.2, -0.15) is 4.31 Å². The van der Waals surface area contributed by atoms with Crippen molar-refractivity contribution in [3.05, 3.63) is 48.4 Å². The number of nitrogens with zero attached hydrogens (tertiary/aromatic N) is 4. The zero-order valence-electron chi connectivity index (χ0n) is 15.4. The molecule has 3 heterocycles. The molecule has 28 heavy (non-hydrogen) atoms. The second kappa shape index (κ2) is 7.33. The number of nitrogen functional groups attached to an aromatic ring is 1. The molecule has 0 aliphatic carbocycles. The number of benzene rings is 1. The fraction of sp³-hybridized carbons (Fsp3) is 0.316. The predicted molar refractivity (Wildman–Crippen MR) is 105 cm³/mol. The van der Waals surface area contributed by atoms with Crippen LogP contribution in [-0.2, 0) is 10.0 Å². The molecule has 0 saturated carbocycles. The van der Waals surface area contributed by atoms with Gasteiger partial charge in [-0.25, -0.2) is 23.4 Å². The van der Waals surface area contributed by atoms with Gasteiger partial charge in [0.15, 0.2) is 5.65 Å². The van der Waals surface area contributed by atoms with E-state index in [0.717, 1.165) is 12.8 Å². The average molecular weight is 399 g/mol. The van der Waals surface area contributed by atoms with E-state index < -0.39 is 10.0 Å². The van der Waals surface area contributed by atoms with E-state index in [2.05, 4.69) is 15.0 Å². The Labute approximate surface area is 163 Å². The molecule has 1 atom stereocenters. The van der Waals surface area contributed by atoms with E-state index in [0.29, 0.717) is 41.3 Å². The van der Waals surface area contributed by atoms with Crippen molar-refractivity contribution in [1.29, 1.82) is 0 Å². The van der Waals surface area contributed by atoms with E-state index >= 15 is 0 Å². The average Bonchev–Trinajstić information content (AvgIpc) is 2.74. The number of hydrogen-bond acceptors (Lipinski definition) is 7. The van der Waals surface area contributed by atoms with E-state index in [-0.39, 0.29) is 10.9 Å². The molecular formula is C19H21N5O3S. The molecule has 1 aromatic carbocycles. The smallest absolute Gasteiger partial charge is 0.243 e. The number of fused-ring (bicyclic) bond motifs is 1. The lowest BCUT2D eigenvalue weighted by Gasteiger charge is -2.34. The second-order valence-electron chi connectivity index (χ2n) is 6.67. The lowest BCUT2D eigenvalue weighted by Crippen LogP contribution is -2.38.